The van der Waals surface area contributed by atoms with E-state index in [1.54, 1.807) is 0 Å². The van der Waals surface area contributed by atoms with Crippen molar-refractivity contribution in [3.8, 4) is 0 Å². The zero-order chi connectivity index (χ0) is 20.4. The molecule has 0 radical (unpaired) electrons. The number of ether oxygens (including phenoxy) is 2. The lowest BCUT2D eigenvalue weighted by Crippen LogP contribution is -2.59. The summed E-state index contributed by atoms with van der Waals surface area (Å²) in [6.07, 6.45) is 8.33. The number of ketones is 1. The number of hydrogen-bond donors (Lipinski definition) is 0. The van der Waals surface area contributed by atoms with Gasteiger partial charge in [0.05, 0.1) is 17.9 Å². The van der Waals surface area contributed by atoms with Gasteiger partial charge < -0.3 is 9.47 Å². The van der Waals surface area contributed by atoms with Crippen molar-refractivity contribution in [1.29, 1.82) is 0 Å². The molecule has 5 nitrogen and oxygen atoms in total. The molecule has 28 heavy (non-hydrogen) atoms. The lowest BCUT2D eigenvalue weighted by atomic mass is 9.40. The van der Waals surface area contributed by atoms with Gasteiger partial charge in [-0.1, -0.05) is 13.3 Å². The van der Waals surface area contributed by atoms with Crippen LogP contribution < -0.4 is 0 Å². The number of fused-ring (bicyclic) bond motifs is 3. The van der Waals surface area contributed by atoms with E-state index >= 15 is 0 Å². The summed E-state index contributed by atoms with van der Waals surface area (Å²) >= 11 is 0. The average molecular weight is 391 g/mol. The van der Waals surface area contributed by atoms with E-state index in [-0.39, 0.29) is 29.4 Å². The van der Waals surface area contributed by atoms with Crippen LogP contribution in [0.1, 0.15) is 78.6 Å². The molecule has 0 aromatic carbocycles. The Morgan fingerprint density at radius 3 is 2.46 bits per heavy atom. The molecule has 6 atom stereocenters. The van der Waals surface area contributed by atoms with Gasteiger partial charge in [0.2, 0.25) is 0 Å². The fourth-order valence-corrected chi connectivity index (χ4v) is 8.25. The Hall–Kier alpha value is -1.39. The van der Waals surface area contributed by atoms with E-state index in [4.69, 9.17) is 9.47 Å². The van der Waals surface area contributed by atoms with Crippen molar-refractivity contribution in [2.24, 2.45) is 33.5 Å². The fourth-order valence-electron chi connectivity index (χ4n) is 8.25. The number of rotatable bonds is 3. The molecule has 4 rings (SSSR count). The summed E-state index contributed by atoms with van der Waals surface area (Å²) < 4.78 is 10.6. The maximum atomic E-state index is 13.1. The molecule has 0 amide bonds. The molecular weight excluding hydrogens is 356 g/mol. The summed E-state index contributed by atoms with van der Waals surface area (Å²) in [7, 11) is 1.50. The van der Waals surface area contributed by atoms with E-state index in [2.05, 4.69) is 13.8 Å². The zero-order valence-corrected chi connectivity index (χ0v) is 17.8. The Kier molecular flexibility index (Phi) is 4.48. The van der Waals surface area contributed by atoms with Crippen molar-refractivity contribution in [2.75, 3.05) is 13.7 Å². The first-order valence-corrected chi connectivity index (χ1v) is 10.9. The molecule has 1 spiro atoms. The van der Waals surface area contributed by atoms with E-state index in [9.17, 15) is 14.4 Å². The highest BCUT2D eigenvalue weighted by molar-refractivity contribution is 5.89. The minimum atomic E-state index is -0.467. The van der Waals surface area contributed by atoms with E-state index in [1.807, 2.05) is 0 Å². The van der Waals surface area contributed by atoms with Gasteiger partial charge >= 0.3 is 11.9 Å². The fraction of sp³-hybridized carbons (Fsp3) is 0.870. The molecule has 0 aromatic heterocycles. The van der Waals surface area contributed by atoms with Crippen molar-refractivity contribution in [1.82, 2.24) is 0 Å². The maximum absolute atomic E-state index is 13.1. The standard InChI is InChI=1S/C23H34O5/c1-15(24)28-14-23-11-7-17-20(2)8-5-9-21(3,19(26)27-4)16(20)6-10-22(17,13-23)12-18(23)25/h16-17H,5-14H2,1-4H3. The average Bonchev–Trinajstić information content (AvgIpc) is 2.84. The molecule has 4 fully saturated rings. The van der Waals surface area contributed by atoms with E-state index in [0.29, 0.717) is 24.0 Å². The summed E-state index contributed by atoms with van der Waals surface area (Å²) in [4.78, 5) is 37.2. The van der Waals surface area contributed by atoms with Crippen molar-refractivity contribution in [2.45, 2.75) is 78.6 Å². The summed E-state index contributed by atoms with van der Waals surface area (Å²) in [6.45, 7) is 6.15. The Morgan fingerprint density at radius 1 is 1.07 bits per heavy atom. The summed E-state index contributed by atoms with van der Waals surface area (Å²) in [5, 5.41) is 0. The van der Waals surface area contributed by atoms with Crippen LogP contribution in [0.15, 0.2) is 0 Å². The SMILES string of the molecule is COC(=O)C1(C)CCCC2(C)C3CCC4(COC(C)=O)CC3(CCC12)CC4=O. The van der Waals surface area contributed by atoms with Crippen LogP contribution >= 0.6 is 0 Å². The van der Waals surface area contributed by atoms with Gasteiger partial charge in [-0.15, -0.1) is 0 Å². The van der Waals surface area contributed by atoms with Crippen LogP contribution in [-0.4, -0.2) is 31.4 Å². The first kappa shape index (κ1) is 19.9. The number of hydrogen-bond acceptors (Lipinski definition) is 5. The Morgan fingerprint density at radius 2 is 1.79 bits per heavy atom. The maximum Gasteiger partial charge on any atom is 0.311 e. The Labute approximate surface area is 167 Å². The number of carbonyl (C=O) groups is 3. The van der Waals surface area contributed by atoms with Crippen molar-refractivity contribution >= 4 is 17.7 Å². The van der Waals surface area contributed by atoms with Crippen molar-refractivity contribution in [3.63, 3.8) is 0 Å². The smallest absolute Gasteiger partial charge is 0.311 e. The molecule has 4 aliphatic carbocycles. The number of carbonyl (C=O) groups excluding carboxylic acids is 3. The Balaban J connectivity index is 1.66. The number of esters is 2. The quantitative estimate of drug-likeness (QED) is 0.679. The van der Waals surface area contributed by atoms with Crippen LogP contribution in [0.25, 0.3) is 0 Å². The second-order valence-corrected chi connectivity index (χ2v) is 10.7. The largest absolute Gasteiger partial charge is 0.469 e. The van der Waals surface area contributed by atoms with Gasteiger partial charge in [0, 0.05) is 13.3 Å². The summed E-state index contributed by atoms with van der Waals surface area (Å²) in [5.74, 6) is 0.696. The number of methoxy groups -OCH3 is 1. The van der Waals surface area contributed by atoms with Gasteiger partial charge in [-0.05, 0) is 74.5 Å². The molecule has 0 N–H and O–H groups in total. The van der Waals surface area contributed by atoms with Crippen LogP contribution in [0.3, 0.4) is 0 Å². The predicted molar refractivity (Wildman–Crippen MR) is 103 cm³/mol. The topological polar surface area (TPSA) is 69.7 Å². The second kappa shape index (κ2) is 6.30. The van der Waals surface area contributed by atoms with Crippen molar-refractivity contribution < 1.29 is 23.9 Å². The molecule has 156 valence electrons. The van der Waals surface area contributed by atoms with Crippen LogP contribution in [0.2, 0.25) is 0 Å². The van der Waals surface area contributed by atoms with Gasteiger partial charge in [-0.3, -0.25) is 14.4 Å². The minimum Gasteiger partial charge on any atom is -0.469 e. The van der Waals surface area contributed by atoms with Gasteiger partial charge in [-0.2, -0.15) is 0 Å². The van der Waals surface area contributed by atoms with E-state index < -0.39 is 10.8 Å². The zero-order valence-electron chi connectivity index (χ0n) is 17.8. The molecule has 6 unspecified atom stereocenters. The lowest BCUT2D eigenvalue weighted by Gasteiger charge is -2.63. The van der Waals surface area contributed by atoms with Crippen LogP contribution in [0.5, 0.6) is 0 Å². The highest BCUT2D eigenvalue weighted by atomic mass is 16.5. The van der Waals surface area contributed by atoms with E-state index in [1.165, 1.54) is 14.0 Å². The molecule has 2 bridgehead atoms. The van der Waals surface area contributed by atoms with Gasteiger partial charge in [0.15, 0.2) is 0 Å². The third kappa shape index (κ3) is 2.53. The van der Waals surface area contributed by atoms with E-state index in [0.717, 1.165) is 51.4 Å². The number of Topliss-reactive ketones (excluding diaryl/α,β-unsaturated/α-hetero) is 1. The van der Waals surface area contributed by atoms with Crippen LogP contribution in [-0.2, 0) is 23.9 Å². The molecule has 4 aliphatic rings. The lowest BCUT2D eigenvalue weighted by molar-refractivity contribution is -0.187. The summed E-state index contributed by atoms with van der Waals surface area (Å²) in [6, 6.07) is 0. The van der Waals surface area contributed by atoms with Crippen LogP contribution in [0, 0.1) is 33.5 Å². The molecule has 0 aromatic rings. The highest BCUT2D eigenvalue weighted by Crippen LogP contribution is 2.73. The molecule has 5 heteroatoms. The highest BCUT2D eigenvalue weighted by Gasteiger charge is 2.69. The summed E-state index contributed by atoms with van der Waals surface area (Å²) in [5.41, 5.74) is -0.795. The Bertz CT molecular complexity index is 716. The minimum absolute atomic E-state index is 0.0229. The third-order valence-corrected chi connectivity index (χ3v) is 9.35. The third-order valence-electron chi connectivity index (χ3n) is 9.35. The predicted octanol–water partition coefficient (Wildman–Crippen LogP) is 4.07. The second-order valence-electron chi connectivity index (χ2n) is 10.7. The molecule has 0 aliphatic heterocycles. The molecule has 0 saturated heterocycles. The molecular formula is C23H34O5. The van der Waals surface area contributed by atoms with Gasteiger partial charge in [0.1, 0.15) is 12.4 Å². The van der Waals surface area contributed by atoms with Crippen molar-refractivity contribution in [3.05, 3.63) is 0 Å². The molecule has 0 heterocycles. The normalized spacial score (nSPS) is 47.1. The van der Waals surface area contributed by atoms with Gasteiger partial charge in [-0.25, -0.2) is 0 Å². The first-order chi connectivity index (χ1) is 13.1. The molecule has 4 saturated carbocycles. The van der Waals surface area contributed by atoms with Crippen LogP contribution in [0.4, 0.5) is 0 Å². The monoisotopic (exact) mass is 390 g/mol. The first-order valence-electron chi connectivity index (χ1n) is 10.9. The van der Waals surface area contributed by atoms with Gasteiger partial charge in [0.25, 0.3) is 0 Å².